The van der Waals surface area contributed by atoms with Crippen LogP contribution < -0.4 is 0 Å². The summed E-state index contributed by atoms with van der Waals surface area (Å²) in [5.41, 5.74) is 0.914. The number of hydrogen-bond acceptors (Lipinski definition) is 3. The van der Waals surface area contributed by atoms with Gasteiger partial charge in [-0.3, -0.25) is 10.1 Å². The van der Waals surface area contributed by atoms with E-state index < -0.39 is 21.4 Å². The summed E-state index contributed by atoms with van der Waals surface area (Å²) >= 11 is 17.3. The van der Waals surface area contributed by atoms with Gasteiger partial charge < -0.3 is 4.74 Å². The summed E-state index contributed by atoms with van der Waals surface area (Å²) in [6.45, 7) is 1.45. The van der Waals surface area contributed by atoms with Crippen LogP contribution in [0.25, 0.3) is 0 Å². The van der Waals surface area contributed by atoms with Crippen LogP contribution in [0.2, 0.25) is 0 Å². The summed E-state index contributed by atoms with van der Waals surface area (Å²) in [5, 5.41) is 10.7. The molecule has 0 heterocycles. The molecular weight excluding hydrogens is 325 g/mol. The molecule has 0 aliphatic rings. The van der Waals surface area contributed by atoms with Gasteiger partial charge in [-0.05, 0) is 12.0 Å². The van der Waals surface area contributed by atoms with E-state index >= 15 is 0 Å². The Labute approximate surface area is 133 Å². The van der Waals surface area contributed by atoms with Crippen molar-refractivity contribution >= 4 is 34.8 Å². The van der Waals surface area contributed by atoms with Crippen molar-refractivity contribution < 1.29 is 9.66 Å². The van der Waals surface area contributed by atoms with Gasteiger partial charge in [-0.1, -0.05) is 78.5 Å². The minimum absolute atomic E-state index is 0.332. The molecule has 0 amide bonds. The SMILES string of the molecule is CCCC(OC(C[N+](=O)[O-])C(Cl)(Cl)Cl)c1ccccc1. The van der Waals surface area contributed by atoms with Gasteiger partial charge in [0, 0.05) is 4.92 Å². The minimum Gasteiger partial charge on any atom is -0.359 e. The number of rotatable bonds is 7. The van der Waals surface area contributed by atoms with Crippen LogP contribution in [0, 0.1) is 10.1 Å². The Morgan fingerprint density at radius 3 is 2.35 bits per heavy atom. The lowest BCUT2D eigenvalue weighted by Crippen LogP contribution is -2.36. The average Bonchev–Trinajstić information content (AvgIpc) is 2.36. The van der Waals surface area contributed by atoms with E-state index in [2.05, 4.69) is 0 Å². The highest BCUT2D eigenvalue weighted by Gasteiger charge is 2.39. The quantitative estimate of drug-likeness (QED) is 0.415. The van der Waals surface area contributed by atoms with E-state index in [1.54, 1.807) is 0 Å². The van der Waals surface area contributed by atoms with E-state index in [0.29, 0.717) is 6.42 Å². The maximum Gasteiger partial charge on any atom is 0.233 e. The number of nitro groups is 1. The van der Waals surface area contributed by atoms with E-state index in [1.807, 2.05) is 37.3 Å². The molecule has 0 aromatic heterocycles. The van der Waals surface area contributed by atoms with Crippen LogP contribution in [0.4, 0.5) is 0 Å². The fraction of sp³-hybridized carbons (Fsp3) is 0.538. The Kier molecular flexibility index (Phi) is 7.03. The first-order valence-electron chi connectivity index (χ1n) is 6.23. The van der Waals surface area contributed by atoms with Gasteiger partial charge in [0.15, 0.2) is 6.10 Å². The molecule has 0 aliphatic heterocycles. The van der Waals surface area contributed by atoms with Crippen LogP contribution in [0.3, 0.4) is 0 Å². The smallest absolute Gasteiger partial charge is 0.233 e. The third kappa shape index (κ3) is 5.83. The third-order valence-electron chi connectivity index (χ3n) is 2.73. The molecule has 2 atom stereocenters. The number of alkyl halides is 3. The van der Waals surface area contributed by atoms with Crippen molar-refractivity contribution in [2.75, 3.05) is 6.54 Å². The minimum atomic E-state index is -1.84. The van der Waals surface area contributed by atoms with E-state index in [0.717, 1.165) is 12.0 Å². The highest BCUT2D eigenvalue weighted by molar-refractivity contribution is 6.68. The Bertz CT molecular complexity index is 423. The lowest BCUT2D eigenvalue weighted by molar-refractivity contribution is -0.492. The molecular formula is C13H16Cl3NO3. The van der Waals surface area contributed by atoms with E-state index in [9.17, 15) is 10.1 Å². The standard InChI is InChI=1S/C13H16Cl3NO3/c1-2-6-11(10-7-4-3-5-8-10)20-12(9-17(18)19)13(14,15)16/h3-5,7-8,11-12H,2,6,9H2,1H3. The van der Waals surface area contributed by atoms with Gasteiger partial charge in [0.2, 0.25) is 10.3 Å². The van der Waals surface area contributed by atoms with E-state index in [4.69, 9.17) is 39.5 Å². The lowest BCUT2D eigenvalue weighted by atomic mass is 10.1. The first-order valence-corrected chi connectivity index (χ1v) is 7.37. The topological polar surface area (TPSA) is 52.4 Å². The lowest BCUT2D eigenvalue weighted by Gasteiger charge is -2.27. The molecule has 112 valence electrons. The molecule has 1 aromatic carbocycles. The van der Waals surface area contributed by atoms with Gasteiger partial charge >= 0.3 is 0 Å². The molecule has 1 rings (SSSR count). The summed E-state index contributed by atoms with van der Waals surface area (Å²) in [4.78, 5) is 10.1. The van der Waals surface area contributed by atoms with Gasteiger partial charge in [-0.15, -0.1) is 0 Å². The van der Waals surface area contributed by atoms with Gasteiger partial charge in [0.05, 0.1) is 6.10 Å². The average molecular weight is 341 g/mol. The molecule has 2 unspecified atom stereocenters. The van der Waals surface area contributed by atoms with Crippen LogP contribution in [0.5, 0.6) is 0 Å². The van der Waals surface area contributed by atoms with Crippen molar-refractivity contribution in [3.8, 4) is 0 Å². The monoisotopic (exact) mass is 339 g/mol. The zero-order valence-electron chi connectivity index (χ0n) is 11.0. The maximum atomic E-state index is 10.7. The molecule has 0 spiro atoms. The van der Waals surface area contributed by atoms with Crippen LogP contribution in [0.1, 0.15) is 31.4 Å². The van der Waals surface area contributed by atoms with Gasteiger partial charge in [-0.25, -0.2) is 0 Å². The van der Waals surface area contributed by atoms with Gasteiger partial charge in [0.25, 0.3) is 0 Å². The molecule has 0 N–H and O–H groups in total. The predicted molar refractivity (Wildman–Crippen MR) is 81.1 cm³/mol. The first kappa shape index (κ1) is 17.5. The molecule has 0 fully saturated rings. The van der Waals surface area contributed by atoms with Gasteiger partial charge in [0.1, 0.15) is 0 Å². The van der Waals surface area contributed by atoms with Crippen LogP contribution >= 0.6 is 34.8 Å². The predicted octanol–water partition coefficient (Wildman–Crippen LogP) is 4.56. The Hall–Kier alpha value is -0.550. The Morgan fingerprint density at radius 2 is 1.90 bits per heavy atom. The molecule has 0 bridgehead atoms. The molecule has 4 nitrogen and oxygen atoms in total. The van der Waals surface area contributed by atoms with Crippen molar-refractivity contribution in [3.63, 3.8) is 0 Å². The van der Waals surface area contributed by atoms with Crippen molar-refractivity contribution in [2.24, 2.45) is 0 Å². The fourth-order valence-corrected chi connectivity index (χ4v) is 2.16. The van der Waals surface area contributed by atoms with Crippen molar-refractivity contribution in [1.29, 1.82) is 0 Å². The summed E-state index contributed by atoms with van der Waals surface area (Å²) in [6.07, 6.45) is 0.116. The highest BCUT2D eigenvalue weighted by Crippen LogP contribution is 2.36. The number of ether oxygens (including phenoxy) is 1. The number of hydrogen-bond donors (Lipinski definition) is 0. The molecule has 0 radical (unpaired) electrons. The molecule has 0 aliphatic carbocycles. The Morgan fingerprint density at radius 1 is 1.30 bits per heavy atom. The van der Waals surface area contributed by atoms with Crippen molar-refractivity contribution in [1.82, 2.24) is 0 Å². The van der Waals surface area contributed by atoms with Crippen LogP contribution in [-0.2, 0) is 4.74 Å². The second kappa shape index (κ2) is 8.03. The second-order valence-corrected chi connectivity index (χ2v) is 6.74. The summed E-state index contributed by atoms with van der Waals surface area (Å²) in [7, 11) is 0. The van der Waals surface area contributed by atoms with E-state index in [-0.39, 0.29) is 6.10 Å². The fourth-order valence-electron chi connectivity index (χ4n) is 1.80. The summed E-state index contributed by atoms with van der Waals surface area (Å²) in [5.74, 6) is 0. The molecule has 20 heavy (non-hydrogen) atoms. The van der Waals surface area contributed by atoms with Crippen molar-refractivity contribution in [3.05, 3.63) is 46.0 Å². The first-order chi connectivity index (χ1) is 9.34. The normalized spacial score (nSPS) is 14.8. The molecule has 1 aromatic rings. The van der Waals surface area contributed by atoms with Crippen LogP contribution in [-0.4, -0.2) is 21.4 Å². The largest absolute Gasteiger partial charge is 0.359 e. The molecule has 7 heteroatoms. The number of benzene rings is 1. The number of nitrogens with zero attached hydrogens (tertiary/aromatic N) is 1. The summed E-state index contributed by atoms with van der Waals surface area (Å²) < 4.78 is 3.88. The highest BCUT2D eigenvalue weighted by atomic mass is 35.6. The summed E-state index contributed by atoms with van der Waals surface area (Å²) in [6, 6.07) is 9.41. The zero-order chi connectivity index (χ0) is 15.2. The third-order valence-corrected chi connectivity index (χ3v) is 3.46. The van der Waals surface area contributed by atoms with Gasteiger partial charge in [-0.2, -0.15) is 0 Å². The Balaban J connectivity index is 2.88. The van der Waals surface area contributed by atoms with Crippen LogP contribution in [0.15, 0.2) is 30.3 Å². The molecule has 0 saturated carbocycles. The van der Waals surface area contributed by atoms with Crippen molar-refractivity contribution in [2.45, 2.75) is 35.8 Å². The maximum absolute atomic E-state index is 10.7. The second-order valence-electron chi connectivity index (χ2n) is 4.37. The number of halogens is 3. The molecule has 0 saturated heterocycles. The van der Waals surface area contributed by atoms with E-state index in [1.165, 1.54) is 0 Å². The zero-order valence-corrected chi connectivity index (χ0v) is 13.2.